The van der Waals surface area contributed by atoms with Gasteiger partial charge in [0.05, 0.1) is 0 Å². The molecule has 4 rings (SSSR count). The van der Waals surface area contributed by atoms with Crippen LogP contribution in [-0.2, 0) is 12.8 Å². The van der Waals surface area contributed by atoms with Gasteiger partial charge in [-0.2, -0.15) is 0 Å². The van der Waals surface area contributed by atoms with Gasteiger partial charge in [-0.1, -0.05) is 60.1 Å². The van der Waals surface area contributed by atoms with E-state index in [0.29, 0.717) is 5.56 Å². The summed E-state index contributed by atoms with van der Waals surface area (Å²) < 4.78 is 14.2. The van der Waals surface area contributed by atoms with Gasteiger partial charge >= 0.3 is 0 Å². The van der Waals surface area contributed by atoms with Crippen LogP contribution < -0.4 is 5.32 Å². The Morgan fingerprint density at radius 3 is 2.21 bits per heavy atom. The number of hydrogen-bond acceptors (Lipinski definition) is 1. The maximum Gasteiger partial charge on any atom is 0.251 e. The number of rotatable bonds is 3. The summed E-state index contributed by atoms with van der Waals surface area (Å²) in [5.74, 6) is -0.303. The lowest BCUT2D eigenvalue weighted by Crippen LogP contribution is -2.38. The molecule has 3 aromatic carbocycles. The molecule has 1 N–H and O–H groups in total. The Kier molecular flexibility index (Phi) is 7.21. The highest BCUT2D eigenvalue weighted by Crippen LogP contribution is 2.25. The largest absolute Gasteiger partial charge is 0.349 e. The fraction of sp³-hybridized carbons (Fsp3) is 0.240. The lowest BCUT2D eigenvalue weighted by atomic mass is 9.88. The zero-order valence-corrected chi connectivity index (χ0v) is 18.3. The number of fused-ring (bicyclic) bond motifs is 1. The van der Waals surface area contributed by atoms with Gasteiger partial charge < -0.3 is 5.32 Å². The van der Waals surface area contributed by atoms with E-state index in [9.17, 15) is 9.18 Å². The zero-order chi connectivity index (χ0) is 20.8. The molecule has 4 heteroatoms. The van der Waals surface area contributed by atoms with E-state index in [2.05, 4.69) is 39.4 Å². The maximum atomic E-state index is 13.1. The monoisotopic (exact) mass is 453 g/mol. The van der Waals surface area contributed by atoms with Crippen molar-refractivity contribution in [3.63, 3.8) is 0 Å². The van der Waals surface area contributed by atoms with E-state index in [0.717, 1.165) is 34.9 Å². The molecule has 2 nitrogen and oxygen atoms in total. The van der Waals surface area contributed by atoms with Crippen molar-refractivity contribution in [2.45, 2.75) is 39.2 Å². The van der Waals surface area contributed by atoms with E-state index in [1.165, 1.54) is 23.3 Å². The highest BCUT2D eigenvalue weighted by Gasteiger charge is 2.20. The summed E-state index contributed by atoms with van der Waals surface area (Å²) in [5.41, 5.74) is 5.20. The third kappa shape index (κ3) is 5.33. The molecule has 29 heavy (non-hydrogen) atoms. The molecule has 150 valence electrons. The lowest BCUT2D eigenvalue weighted by Gasteiger charge is -2.25. The summed E-state index contributed by atoms with van der Waals surface area (Å²) in [6.45, 7) is 4.00. The number of carbonyl (C=O) groups is 1. The smallest absolute Gasteiger partial charge is 0.251 e. The number of aryl methyl sites for hydroxylation is 1. The first kappa shape index (κ1) is 21.3. The van der Waals surface area contributed by atoms with Gasteiger partial charge in [0.25, 0.3) is 5.91 Å². The van der Waals surface area contributed by atoms with Crippen LogP contribution in [0.3, 0.4) is 0 Å². The van der Waals surface area contributed by atoms with Gasteiger partial charge in [-0.3, -0.25) is 4.79 Å². The summed E-state index contributed by atoms with van der Waals surface area (Å²) >= 11 is 3.51. The summed E-state index contributed by atoms with van der Waals surface area (Å²) in [6, 6.07) is 20.3. The predicted molar refractivity (Wildman–Crippen MR) is 121 cm³/mol. The average molecular weight is 454 g/mol. The fourth-order valence-electron chi connectivity index (χ4n) is 3.57. The second-order valence-electron chi connectivity index (χ2n) is 6.91. The summed E-state index contributed by atoms with van der Waals surface area (Å²) in [7, 11) is 0. The second kappa shape index (κ2) is 9.84. The quantitative estimate of drug-likeness (QED) is 0.477. The van der Waals surface area contributed by atoms with Crippen LogP contribution >= 0.6 is 15.9 Å². The standard InChI is InChI=1S/C23H19BrFNO.C2H6/c24-20-9-5-19-14-22(12-8-18(19)13-20)26-23(27)17-3-1-15(2-4-17)16-6-10-21(25)11-7-16;1-2/h1-7,9-11,13,22H,8,12,14H2,(H,26,27);1-2H3. The van der Waals surface area contributed by atoms with Gasteiger partial charge in [0.2, 0.25) is 0 Å². The third-order valence-electron chi connectivity index (χ3n) is 5.06. The first-order valence-electron chi connectivity index (χ1n) is 10.0. The molecule has 0 radical (unpaired) electrons. The first-order chi connectivity index (χ1) is 14.1. The van der Waals surface area contributed by atoms with Gasteiger partial charge in [-0.05, 0) is 77.9 Å². The minimum absolute atomic E-state index is 0.0498. The van der Waals surface area contributed by atoms with Crippen molar-refractivity contribution in [2.24, 2.45) is 0 Å². The molecule has 0 bridgehead atoms. The van der Waals surface area contributed by atoms with E-state index >= 15 is 0 Å². The van der Waals surface area contributed by atoms with Crippen LogP contribution in [0.5, 0.6) is 0 Å². The van der Waals surface area contributed by atoms with Crippen LogP contribution in [0.25, 0.3) is 11.1 Å². The van der Waals surface area contributed by atoms with Crippen molar-refractivity contribution in [3.05, 3.63) is 93.7 Å². The van der Waals surface area contributed by atoms with Gasteiger partial charge in [-0.15, -0.1) is 0 Å². The highest BCUT2D eigenvalue weighted by molar-refractivity contribution is 9.10. The Balaban J connectivity index is 0.00000117. The van der Waals surface area contributed by atoms with E-state index in [1.807, 2.05) is 38.1 Å². The molecule has 0 aromatic heterocycles. The molecule has 0 saturated carbocycles. The number of benzene rings is 3. The molecule has 0 saturated heterocycles. The topological polar surface area (TPSA) is 29.1 Å². The summed E-state index contributed by atoms with van der Waals surface area (Å²) in [4.78, 5) is 12.6. The Labute approximate surface area is 180 Å². The maximum absolute atomic E-state index is 13.1. The molecule has 3 aromatic rings. The molecular weight excluding hydrogens is 429 g/mol. The Morgan fingerprint density at radius 1 is 0.931 bits per heavy atom. The summed E-state index contributed by atoms with van der Waals surface area (Å²) in [5, 5.41) is 3.16. The van der Waals surface area contributed by atoms with Crippen LogP contribution in [0.1, 0.15) is 41.8 Å². The summed E-state index contributed by atoms with van der Waals surface area (Å²) in [6.07, 6.45) is 2.79. The van der Waals surface area contributed by atoms with Crippen LogP contribution in [0.4, 0.5) is 4.39 Å². The highest BCUT2D eigenvalue weighted by atomic mass is 79.9. The number of amides is 1. The molecule has 0 spiro atoms. The lowest BCUT2D eigenvalue weighted by molar-refractivity contribution is 0.0933. The van der Waals surface area contributed by atoms with Crippen LogP contribution in [-0.4, -0.2) is 11.9 Å². The molecular formula is C25H25BrFNO. The Bertz CT molecular complexity index is 967. The molecule has 0 heterocycles. The Hall–Kier alpha value is -2.46. The van der Waals surface area contributed by atoms with Crippen LogP contribution in [0.15, 0.2) is 71.2 Å². The minimum atomic E-state index is -0.254. The number of carbonyl (C=O) groups excluding carboxylic acids is 1. The van der Waals surface area contributed by atoms with Crippen molar-refractivity contribution >= 4 is 21.8 Å². The van der Waals surface area contributed by atoms with E-state index in [-0.39, 0.29) is 17.8 Å². The molecule has 0 fully saturated rings. The predicted octanol–water partition coefficient (Wildman–Crippen LogP) is 6.57. The molecule has 1 amide bonds. The van der Waals surface area contributed by atoms with Gasteiger partial charge in [0.1, 0.15) is 5.82 Å². The second-order valence-corrected chi connectivity index (χ2v) is 7.83. The Morgan fingerprint density at radius 2 is 1.55 bits per heavy atom. The van der Waals surface area contributed by atoms with Crippen molar-refractivity contribution in [3.8, 4) is 11.1 Å². The van der Waals surface area contributed by atoms with Gasteiger partial charge in [-0.25, -0.2) is 4.39 Å². The zero-order valence-electron chi connectivity index (χ0n) is 16.7. The van der Waals surface area contributed by atoms with E-state index in [4.69, 9.17) is 0 Å². The van der Waals surface area contributed by atoms with E-state index in [1.54, 1.807) is 12.1 Å². The minimum Gasteiger partial charge on any atom is -0.349 e. The van der Waals surface area contributed by atoms with Gasteiger partial charge in [0, 0.05) is 16.1 Å². The molecule has 1 atom stereocenters. The number of hydrogen-bond donors (Lipinski definition) is 1. The molecule has 0 aliphatic heterocycles. The average Bonchev–Trinajstić information content (AvgIpc) is 2.76. The molecule has 1 aliphatic carbocycles. The molecule has 1 aliphatic rings. The van der Waals surface area contributed by atoms with Crippen molar-refractivity contribution in [1.29, 1.82) is 0 Å². The van der Waals surface area contributed by atoms with Crippen molar-refractivity contribution in [2.75, 3.05) is 0 Å². The third-order valence-corrected chi connectivity index (χ3v) is 5.55. The normalized spacial score (nSPS) is 15.0. The fourth-order valence-corrected chi connectivity index (χ4v) is 3.98. The number of halogens is 2. The van der Waals surface area contributed by atoms with Crippen LogP contribution in [0, 0.1) is 5.82 Å². The van der Waals surface area contributed by atoms with Crippen LogP contribution in [0.2, 0.25) is 0 Å². The SMILES string of the molecule is CC.O=C(NC1CCc2cc(Br)ccc2C1)c1ccc(-c2ccc(F)cc2)cc1. The number of nitrogens with one attached hydrogen (secondary N) is 1. The first-order valence-corrected chi connectivity index (χ1v) is 10.8. The van der Waals surface area contributed by atoms with E-state index < -0.39 is 0 Å². The van der Waals surface area contributed by atoms with Crippen molar-refractivity contribution < 1.29 is 9.18 Å². The van der Waals surface area contributed by atoms with Gasteiger partial charge in [0.15, 0.2) is 0 Å². The van der Waals surface area contributed by atoms with Crippen molar-refractivity contribution in [1.82, 2.24) is 5.32 Å². The molecule has 1 unspecified atom stereocenters.